The van der Waals surface area contributed by atoms with Gasteiger partial charge in [-0.15, -0.1) is 0 Å². The third-order valence-corrected chi connectivity index (χ3v) is 3.57. The van der Waals surface area contributed by atoms with Gasteiger partial charge in [0.25, 0.3) is 5.56 Å². The molecule has 128 valence electrons. The molecular weight excluding hydrogens is 320 g/mol. The highest BCUT2D eigenvalue weighted by molar-refractivity contribution is 5.90. The second kappa shape index (κ2) is 7.96. The number of hydrogen-bond donors (Lipinski definition) is 3. The molecule has 0 spiro atoms. The number of anilines is 1. The predicted molar refractivity (Wildman–Crippen MR) is 95.9 cm³/mol. The zero-order chi connectivity index (χ0) is 17.5. The Labute approximate surface area is 144 Å². The van der Waals surface area contributed by atoms with E-state index in [0.717, 1.165) is 5.39 Å². The number of carbonyl (C=O) groups is 1. The van der Waals surface area contributed by atoms with Crippen LogP contribution in [0, 0.1) is 0 Å². The molecule has 3 aromatic rings. The number of amides is 1. The standard InChI is InChI=1S/C18H18N4O3/c23-17-15-10-5-4-9-14(15)16(21-22-17)19-11-6-12-20-18(24)25-13-7-2-1-3-8-13/h1-5,7-10H,6,11-12H2,(H,19,21)(H,20,24)(H,22,23). The van der Waals surface area contributed by atoms with E-state index < -0.39 is 6.09 Å². The summed E-state index contributed by atoms with van der Waals surface area (Å²) in [6.07, 6.45) is 0.192. The zero-order valence-electron chi connectivity index (χ0n) is 13.5. The van der Waals surface area contributed by atoms with E-state index in [1.54, 1.807) is 30.3 Å². The molecule has 1 aromatic heterocycles. The van der Waals surface area contributed by atoms with Crippen LogP contribution in [0.5, 0.6) is 5.75 Å². The fraction of sp³-hybridized carbons (Fsp3) is 0.167. The summed E-state index contributed by atoms with van der Waals surface area (Å²) in [4.78, 5) is 23.4. The maximum absolute atomic E-state index is 11.7. The highest BCUT2D eigenvalue weighted by Crippen LogP contribution is 2.16. The van der Waals surface area contributed by atoms with Crippen LogP contribution in [0.3, 0.4) is 0 Å². The lowest BCUT2D eigenvalue weighted by molar-refractivity contribution is 0.200. The van der Waals surface area contributed by atoms with Gasteiger partial charge in [-0.2, -0.15) is 5.10 Å². The van der Waals surface area contributed by atoms with E-state index in [4.69, 9.17) is 4.74 Å². The van der Waals surface area contributed by atoms with Crippen LogP contribution in [0.15, 0.2) is 59.4 Å². The van der Waals surface area contributed by atoms with Crippen LogP contribution in [-0.4, -0.2) is 29.4 Å². The Balaban J connectivity index is 1.45. The molecule has 0 aliphatic carbocycles. The van der Waals surface area contributed by atoms with Crippen LogP contribution in [-0.2, 0) is 0 Å². The molecule has 0 radical (unpaired) electrons. The van der Waals surface area contributed by atoms with E-state index in [2.05, 4.69) is 20.8 Å². The van der Waals surface area contributed by atoms with Crippen molar-refractivity contribution in [3.8, 4) is 5.75 Å². The van der Waals surface area contributed by atoms with Crippen molar-refractivity contribution in [2.45, 2.75) is 6.42 Å². The lowest BCUT2D eigenvalue weighted by Gasteiger charge is -2.09. The van der Waals surface area contributed by atoms with E-state index in [9.17, 15) is 9.59 Å². The number of carbonyl (C=O) groups excluding carboxylic acids is 1. The number of nitrogens with one attached hydrogen (secondary N) is 3. The van der Waals surface area contributed by atoms with Crippen molar-refractivity contribution in [3.05, 3.63) is 65.0 Å². The number of para-hydroxylation sites is 1. The first-order valence-corrected chi connectivity index (χ1v) is 7.96. The molecule has 7 heteroatoms. The van der Waals surface area contributed by atoms with Crippen molar-refractivity contribution < 1.29 is 9.53 Å². The molecule has 2 aromatic carbocycles. The fourth-order valence-electron chi connectivity index (χ4n) is 2.37. The minimum atomic E-state index is -0.487. The van der Waals surface area contributed by atoms with Gasteiger partial charge in [0.1, 0.15) is 5.75 Å². The summed E-state index contributed by atoms with van der Waals surface area (Å²) < 4.78 is 5.13. The molecule has 3 rings (SSSR count). The number of ether oxygens (including phenoxy) is 1. The number of aromatic amines is 1. The average molecular weight is 338 g/mol. The summed E-state index contributed by atoms with van der Waals surface area (Å²) in [6, 6.07) is 16.1. The van der Waals surface area contributed by atoms with Gasteiger partial charge in [-0.1, -0.05) is 36.4 Å². The average Bonchev–Trinajstić information content (AvgIpc) is 2.64. The quantitative estimate of drug-likeness (QED) is 0.600. The summed E-state index contributed by atoms with van der Waals surface area (Å²) in [5.74, 6) is 1.11. The van der Waals surface area contributed by atoms with Gasteiger partial charge < -0.3 is 15.4 Å². The molecule has 25 heavy (non-hydrogen) atoms. The van der Waals surface area contributed by atoms with Gasteiger partial charge in [-0.05, 0) is 24.6 Å². The molecule has 0 atom stereocenters. The van der Waals surface area contributed by atoms with E-state index in [1.165, 1.54) is 0 Å². The number of aromatic nitrogens is 2. The van der Waals surface area contributed by atoms with Crippen molar-refractivity contribution in [2.75, 3.05) is 18.4 Å². The second-order valence-electron chi connectivity index (χ2n) is 5.36. The molecule has 0 bridgehead atoms. The predicted octanol–water partition coefficient (Wildman–Crippen LogP) is 2.51. The Kier molecular flexibility index (Phi) is 5.26. The topological polar surface area (TPSA) is 96.1 Å². The van der Waals surface area contributed by atoms with E-state index in [0.29, 0.717) is 36.5 Å². The first-order chi connectivity index (χ1) is 12.2. The van der Waals surface area contributed by atoms with Crippen LogP contribution < -0.4 is 20.9 Å². The third kappa shape index (κ3) is 4.35. The Bertz CT molecular complexity index is 909. The van der Waals surface area contributed by atoms with Crippen molar-refractivity contribution in [2.24, 2.45) is 0 Å². The molecular formula is C18H18N4O3. The molecule has 0 aliphatic heterocycles. The van der Waals surface area contributed by atoms with Crippen molar-refractivity contribution in [3.63, 3.8) is 0 Å². The molecule has 0 saturated carbocycles. The summed E-state index contributed by atoms with van der Waals surface area (Å²) in [7, 11) is 0. The Morgan fingerprint density at radius 3 is 2.52 bits per heavy atom. The monoisotopic (exact) mass is 338 g/mol. The lowest BCUT2D eigenvalue weighted by atomic mass is 10.2. The molecule has 1 heterocycles. The number of nitrogens with zero attached hydrogens (tertiary/aromatic N) is 1. The van der Waals surface area contributed by atoms with Gasteiger partial charge in [-0.3, -0.25) is 4.79 Å². The molecule has 7 nitrogen and oxygen atoms in total. The number of H-pyrrole nitrogens is 1. The minimum absolute atomic E-state index is 0.216. The van der Waals surface area contributed by atoms with Crippen LogP contribution >= 0.6 is 0 Å². The first-order valence-electron chi connectivity index (χ1n) is 7.96. The van der Waals surface area contributed by atoms with Crippen molar-refractivity contribution in [1.29, 1.82) is 0 Å². The molecule has 0 unspecified atom stereocenters. The van der Waals surface area contributed by atoms with Gasteiger partial charge in [0.2, 0.25) is 0 Å². The number of fused-ring (bicyclic) bond motifs is 1. The Morgan fingerprint density at radius 2 is 1.72 bits per heavy atom. The highest BCUT2D eigenvalue weighted by Gasteiger charge is 2.06. The van der Waals surface area contributed by atoms with Crippen molar-refractivity contribution in [1.82, 2.24) is 15.5 Å². The van der Waals surface area contributed by atoms with Crippen LogP contribution in [0.1, 0.15) is 6.42 Å². The van der Waals surface area contributed by atoms with Crippen LogP contribution in [0.4, 0.5) is 10.6 Å². The summed E-state index contributed by atoms with van der Waals surface area (Å²) in [5, 5.41) is 13.7. The van der Waals surface area contributed by atoms with Crippen LogP contribution in [0.25, 0.3) is 10.8 Å². The highest BCUT2D eigenvalue weighted by atomic mass is 16.6. The van der Waals surface area contributed by atoms with Crippen molar-refractivity contribution >= 4 is 22.7 Å². The molecule has 0 aliphatic rings. The maximum Gasteiger partial charge on any atom is 0.412 e. The van der Waals surface area contributed by atoms with E-state index >= 15 is 0 Å². The van der Waals surface area contributed by atoms with E-state index in [-0.39, 0.29) is 5.56 Å². The maximum atomic E-state index is 11.7. The molecule has 3 N–H and O–H groups in total. The molecule has 0 fully saturated rings. The summed E-state index contributed by atoms with van der Waals surface area (Å²) >= 11 is 0. The number of benzene rings is 2. The molecule has 0 saturated heterocycles. The number of hydrogen-bond acceptors (Lipinski definition) is 5. The minimum Gasteiger partial charge on any atom is -0.410 e. The SMILES string of the molecule is O=C(NCCCNc1n[nH]c(=O)c2ccccc12)Oc1ccccc1. The Morgan fingerprint density at radius 1 is 1.00 bits per heavy atom. The van der Waals surface area contributed by atoms with Gasteiger partial charge in [0.05, 0.1) is 5.39 Å². The summed E-state index contributed by atoms with van der Waals surface area (Å²) in [6.45, 7) is 1.05. The first kappa shape index (κ1) is 16.5. The van der Waals surface area contributed by atoms with Crippen LogP contribution in [0.2, 0.25) is 0 Å². The lowest BCUT2D eigenvalue weighted by Crippen LogP contribution is -2.28. The summed E-state index contributed by atoms with van der Waals surface area (Å²) in [5.41, 5.74) is -0.216. The smallest absolute Gasteiger partial charge is 0.410 e. The normalized spacial score (nSPS) is 10.4. The van der Waals surface area contributed by atoms with Gasteiger partial charge in [0.15, 0.2) is 5.82 Å². The van der Waals surface area contributed by atoms with E-state index in [1.807, 2.05) is 24.3 Å². The van der Waals surface area contributed by atoms with Gasteiger partial charge in [-0.25, -0.2) is 9.89 Å². The third-order valence-electron chi connectivity index (χ3n) is 3.57. The second-order valence-corrected chi connectivity index (χ2v) is 5.36. The molecule has 1 amide bonds. The largest absolute Gasteiger partial charge is 0.412 e. The number of rotatable bonds is 6. The van der Waals surface area contributed by atoms with Gasteiger partial charge in [0, 0.05) is 18.5 Å². The fourth-order valence-corrected chi connectivity index (χ4v) is 2.37. The zero-order valence-corrected chi connectivity index (χ0v) is 13.5. The Hall–Kier alpha value is -3.35. The van der Waals surface area contributed by atoms with Gasteiger partial charge >= 0.3 is 6.09 Å².